The van der Waals surface area contributed by atoms with Crippen LogP contribution < -0.4 is 15.4 Å². The summed E-state index contributed by atoms with van der Waals surface area (Å²) < 4.78 is 5.59. The molecular formula is C24H24N2OS. The van der Waals surface area contributed by atoms with Gasteiger partial charge in [0.15, 0.2) is 5.11 Å². The molecule has 0 heterocycles. The highest BCUT2D eigenvalue weighted by atomic mass is 32.1. The summed E-state index contributed by atoms with van der Waals surface area (Å²) in [5, 5.41) is 7.26. The molecule has 4 heteroatoms. The fraction of sp³-hybridized carbons (Fsp3) is 0.125. The van der Waals surface area contributed by atoms with Crippen LogP contribution in [0, 0.1) is 6.92 Å². The zero-order valence-electron chi connectivity index (χ0n) is 15.9. The van der Waals surface area contributed by atoms with Crippen molar-refractivity contribution in [3.05, 3.63) is 108 Å². The topological polar surface area (TPSA) is 33.3 Å². The van der Waals surface area contributed by atoms with Gasteiger partial charge >= 0.3 is 0 Å². The Morgan fingerprint density at radius 2 is 1.75 bits per heavy atom. The van der Waals surface area contributed by atoms with Crippen molar-refractivity contribution in [1.29, 1.82) is 0 Å². The van der Waals surface area contributed by atoms with Crippen LogP contribution in [0.3, 0.4) is 0 Å². The number of benzene rings is 3. The number of rotatable bonds is 7. The van der Waals surface area contributed by atoms with E-state index < -0.39 is 0 Å². The number of thiocarbonyl (C=S) groups is 1. The van der Waals surface area contributed by atoms with E-state index in [1.807, 2.05) is 42.5 Å². The van der Waals surface area contributed by atoms with Crippen molar-refractivity contribution >= 4 is 23.0 Å². The lowest BCUT2D eigenvalue weighted by Crippen LogP contribution is -2.33. The first-order valence-electron chi connectivity index (χ1n) is 9.18. The van der Waals surface area contributed by atoms with Crippen LogP contribution >= 0.6 is 12.2 Å². The van der Waals surface area contributed by atoms with Crippen molar-refractivity contribution in [1.82, 2.24) is 5.32 Å². The van der Waals surface area contributed by atoms with Crippen LogP contribution in [0.25, 0.3) is 0 Å². The third-order valence-corrected chi connectivity index (χ3v) is 4.46. The van der Waals surface area contributed by atoms with Gasteiger partial charge in [0.2, 0.25) is 0 Å². The van der Waals surface area contributed by atoms with E-state index in [0.717, 1.165) is 17.0 Å². The van der Waals surface area contributed by atoms with Gasteiger partial charge in [-0.2, -0.15) is 0 Å². The third-order valence-electron chi connectivity index (χ3n) is 4.24. The molecule has 0 fully saturated rings. The molecule has 3 rings (SSSR count). The molecule has 0 aliphatic heterocycles. The van der Waals surface area contributed by atoms with Gasteiger partial charge in [0.1, 0.15) is 12.4 Å². The van der Waals surface area contributed by atoms with Crippen LogP contribution in [0.4, 0.5) is 5.69 Å². The van der Waals surface area contributed by atoms with Crippen molar-refractivity contribution in [3.8, 4) is 5.75 Å². The zero-order valence-corrected chi connectivity index (χ0v) is 16.7. The van der Waals surface area contributed by atoms with Crippen LogP contribution in [-0.2, 0) is 0 Å². The van der Waals surface area contributed by atoms with Crippen molar-refractivity contribution < 1.29 is 4.74 Å². The van der Waals surface area contributed by atoms with Crippen LogP contribution in [0.5, 0.6) is 5.75 Å². The summed E-state index contributed by atoms with van der Waals surface area (Å²) in [5.74, 6) is 0.769. The molecule has 2 N–H and O–H groups in total. The molecule has 3 nitrogen and oxygen atoms in total. The van der Waals surface area contributed by atoms with Gasteiger partial charge in [0.25, 0.3) is 0 Å². The average Bonchev–Trinajstić information content (AvgIpc) is 2.71. The zero-order chi connectivity index (χ0) is 19.8. The number of aryl methyl sites for hydroxylation is 1. The number of anilines is 1. The molecule has 1 atom stereocenters. The molecule has 0 aliphatic rings. The summed E-state index contributed by atoms with van der Waals surface area (Å²) in [4.78, 5) is 0. The van der Waals surface area contributed by atoms with Gasteiger partial charge in [-0.25, -0.2) is 0 Å². The Morgan fingerprint density at radius 1 is 1.00 bits per heavy atom. The van der Waals surface area contributed by atoms with Crippen molar-refractivity contribution in [3.63, 3.8) is 0 Å². The van der Waals surface area contributed by atoms with Gasteiger partial charge in [0, 0.05) is 11.8 Å². The van der Waals surface area contributed by atoms with E-state index in [4.69, 9.17) is 17.0 Å². The molecular weight excluding hydrogens is 364 g/mol. The van der Waals surface area contributed by atoms with Crippen LogP contribution in [-0.4, -0.2) is 11.7 Å². The maximum Gasteiger partial charge on any atom is 0.171 e. The van der Waals surface area contributed by atoms with E-state index in [1.165, 1.54) is 11.1 Å². The lowest BCUT2D eigenvalue weighted by atomic mass is 9.97. The second-order valence-corrected chi connectivity index (χ2v) is 6.89. The maximum absolute atomic E-state index is 5.60. The lowest BCUT2D eigenvalue weighted by Gasteiger charge is -2.22. The Balaban J connectivity index is 1.77. The van der Waals surface area contributed by atoms with Gasteiger partial charge in [-0.15, -0.1) is 0 Å². The second kappa shape index (κ2) is 9.72. The minimum Gasteiger partial charge on any atom is -0.489 e. The van der Waals surface area contributed by atoms with Gasteiger partial charge in [-0.05, 0) is 42.4 Å². The summed E-state index contributed by atoms with van der Waals surface area (Å²) in [6.07, 6.45) is 1.72. The molecule has 0 bridgehead atoms. The molecule has 0 spiro atoms. The predicted octanol–water partition coefficient (Wildman–Crippen LogP) is 5.64. The number of nitrogens with one attached hydrogen (secondary N) is 2. The van der Waals surface area contributed by atoms with E-state index in [-0.39, 0.29) is 6.04 Å². The number of hydrogen-bond acceptors (Lipinski definition) is 2. The monoisotopic (exact) mass is 388 g/mol. The van der Waals surface area contributed by atoms with Crippen LogP contribution in [0.1, 0.15) is 22.7 Å². The Hall–Kier alpha value is -3.11. The fourth-order valence-corrected chi connectivity index (χ4v) is 3.21. The summed E-state index contributed by atoms with van der Waals surface area (Å²) in [5.41, 5.74) is 4.40. The molecule has 3 aromatic carbocycles. The highest BCUT2D eigenvalue weighted by Gasteiger charge is 2.15. The molecule has 0 saturated heterocycles. The Morgan fingerprint density at radius 3 is 2.50 bits per heavy atom. The SMILES string of the molecule is C=CCOc1cccc(NC(=S)NC(c2ccccc2)c2cccc(C)c2)c1. The largest absolute Gasteiger partial charge is 0.489 e. The van der Waals surface area contributed by atoms with E-state index in [2.05, 4.69) is 60.5 Å². The molecule has 0 amide bonds. The van der Waals surface area contributed by atoms with E-state index in [0.29, 0.717) is 11.7 Å². The first-order valence-corrected chi connectivity index (χ1v) is 9.59. The summed E-state index contributed by atoms with van der Waals surface area (Å²) in [6.45, 7) is 6.23. The quantitative estimate of drug-likeness (QED) is 0.406. The first kappa shape index (κ1) is 19.6. The first-order chi connectivity index (χ1) is 13.7. The fourth-order valence-electron chi connectivity index (χ4n) is 2.97. The van der Waals surface area contributed by atoms with Crippen molar-refractivity contribution in [2.75, 3.05) is 11.9 Å². The van der Waals surface area contributed by atoms with Crippen LogP contribution in [0.2, 0.25) is 0 Å². The summed E-state index contributed by atoms with van der Waals surface area (Å²) >= 11 is 5.60. The standard InChI is InChI=1S/C24H24N2OS/c1-3-15-27-22-14-8-13-21(17-22)25-24(28)26-23(19-10-5-4-6-11-19)20-12-7-9-18(2)16-20/h3-14,16-17,23H,1,15H2,2H3,(H2,25,26,28). The highest BCUT2D eigenvalue weighted by Crippen LogP contribution is 2.23. The summed E-state index contributed by atoms with van der Waals surface area (Å²) in [7, 11) is 0. The third kappa shape index (κ3) is 5.44. The number of ether oxygens (including phenoxy) is 1. The minimum atomic E-state index is -0.0405. The Labute approximate surface area is 172 Å². The smallest absolute Gasteiger partial charge is 0.171 e. The molecule has 3 aromatic rings. The highest BCUT2D eigenvalue weighted by molar-refractivity contribution is 7.80. The Bertz CT molecular complexity index is 940. The average molecular weight is 389 g/mol. The molecule has 1 unspecified atom stereocenters. The lowest BCUT2D eigenvalue weighted by molar-refractivity contribution is 0.363. The summed E-state index contributed by atoms with van der Waals surface area (Å²) in [6, 6.07) is 26.4. The minimum absolute atomic E-state index is 0.0405. The molecule has 28 heavy (non-hydrogen) atoms. The van der Waals surface area contributed by atoms with E-state index in [9.17, 15) is 0 Å². The van der Waals surface area contributed by atoms with E-state index >= 15 is 0 Å². The Kier molecular flexibility index (Phi) is 6.82. The van der Waals surface area contributed by atoms with Gasteiger partial charge < -0.3 is 15.4 Å². The molecule has 0 aromatic heterocycles. The van der Waals surface area contributed by atoms with E-state index in [1.54, 1.807) is 6.08 Å². The maximum atomic E-state index is 5.60. The van der Waals surface area contributed by atoms with Crippen LogP contribution in [0.15, 0.2) is 91.5 Å². The van der Waals surface area contributed by atoms with Gasteiger partial charge in [-0.1, -0.05) is 78.9 Å². The van der Waals surface area contributed by atoms with Crippen molar-refractivity contribution in [2.24, 2.45) is 0 Å². The van der Waals surface area contributed by atoms with Crippen molar-refractivity contribution in [2.45, 2.75) is 13.0 Å². The molecule has 0 saturated carbocycles. The normalized spacial score (nSPS) is 11.3. The van der Waals surface area contributed by atoms with Gasteiger partial charge in [0.05, 0.1) is 6.04 Å². The van der Waals surface area contributed by atoms with Gasteiger partial charge in [-0.3, -0.25) is 0 Å². The number of hydrogen-bond donors (Lipinski definition) is 2. The second-order valence-electron chi connectivity index (χ2n) is 6.48. The molecule has 0 aliphatic carbocycles. The molecule has 142 valence electrons. The molecule has 0 radical (unpaired) electrons. The predicted molar refractivity (Wildman–Crippen MR) is 121 cm³/mol.